The molecule has 0 spiro atoms. The van der Waals surface area contributed by atoms with Crippen LogP contribution in [0.25, 0.3) is 0 Å². The predicted octanol–water partition coefficient (Wildman–Crippen LogP) is 2.81. The van der Waals surface area contributed by atoms with Gasteiger partial charge in [0.15, 0.2) is 6.10 Å². The smallest absolute Gasteiger partial charge is 0.393 e. The van der Waals surface area contributed by atoms with Crippen molar-refractivity contribution >= 4 is 0 Å². The molecule has 1 aromatic carbocycles. The minimum atomic E-state index is -4.62. The summed E-state index contributed by atoms with van der Waals surface area (Å²) in [7, 11) is 0. The van der Waals surface area contributed by atoms with Gasteiger partial charge in [-0.15, -0.1) is 0 Å². The summed E-state index contributed by atoms with van der Waals surface area (Å²) in [6.45, 7) is -0.320. The highest BCUT2D eigenvalue weighted by atomic mass is 19.4. The van der Waals surface area contributed by atoms with Crippen LogP contribution in [-0.2, 0) is 16.1 Å². The largest absolute Gasteiger partial charge is 0.417 e. The standard InChI is InChI=1S/C14H16F4O3/c15-10-3-1-2-9(6-10)8-21-13(14(16,17)18)12-7-11(19)4-5-20-12/h1-3,6,11-13,19H,4-5,7-8H2/t11-,12?,13+/m1/s1. The summed E-state index contributed by atoms with van der Waals surface area (Å²) in [5.74, 6) is -0.538. The van der Waals surface area contributed by atoms with Crippen LogP contribution in [0.2, 0.25) is 0 Å². The van der Waals surface area contributed by atoms with Crippen molar-refractivity contribution < 1.29 is 32.1 Å². The van der Waals surface area contributed by atoms with Gasteiger partial charge in [-0.3, -0.25) is 0 Å². The molecule has 1 N–H and O–H groups in total. The molecule has 21 heavy (non-hydrogen) atoms. The highest BCUT2D eigenvalue weighted by Gasteiger charge is 2.47. The Labute approximate surface area is 119 Å². The van der Waals surface area contributed by atoms with Crippen LogP contribution in [0.15, 0.2) is 24.3 Å². The molecule has 0 amide bonds. The second-order valence-corrected chi connectivity index (χ2v) is 4.99. The molecule has 1 fully saturated rings. The molecule has 3 atom stereocenters. The zero-order chi connectivity index (χ0) is 15.5. The third-order valence-corrected chi connectivity index (χ3v) is 3.27. The van der Waals surface area contributed by atoms with Crippen molar-refractivity contribution in [3.8, 4) is 0 Å². The van der Waals surface area contributed by atoms with E-state index < -0.39 is 30.3 Å². The SMILES string of the molecule is O[C@@H]1CCOC([C@H](OCc2cccc(F)c2)C(F)(F)F)C1. The van der Waals surface area contributed by atoms with Crippen molar-refractivity contribution in [1.82, 2.24) is 0 Å². The lowest BCUT2D eigenvalue weighted by Gasteiger charge is -2.33. The summed E-state index contributed by atoms with van der Waals surface area (Å²) >= 11 is 0. The average molecular weight is 308 g/mol. The van der Waals surface area contributed by atoms with Gasteiger partial charge in [0.25, 0.3) is 0 Å². The van der Waals surface area contributed by atoms with E-state index in [-0.39, 0.29) is 19.6 Å². The number of hydrogen-bond donors (Lipinski definition) is 1. The van der Waals surface area contributed by atoms with Crippen LogP contribution >= 0.6 is 0 Å². The minimum absolute atomic E-state index is 0.0573. The average Bonchev–Trinajstić information content (AvgIpc) is 2.37. The molecule has 0 aliphatic carbocycles. The Hall–Kier alpha value is -1.18. The fourth-order valence-corrected chi connectivity index (χ4v) is 2.25. The number of ether oxygens (including phenoxy) is 2. The maximum absolute atomic E-state index is 13.1. The normalized spacial score (nSPS) is 24.8. The third-order valence-electron chi connectivity index (χ3n) is 3.27. The van der Waals surface area contributed by atoms with Crippen LogP contribution in [0, 0.1) is 5.82 Å². The fourth-order valence-electron chi connectivity index (χ4n) is 2.25. The predicted molar refractivity (Wildman–Crippen MR) is 66.0 cm³/mol. The topological polar surface area (TPSA) is 38.7 Å². The number of rotatable bonds is 4. The zero-order valence-corrected chi connectivity index (χ0v) is 11.1. The first kappa shape index (κ1) is 16.2. The molecule has 1 aliphatic rings. The number of alkyl halides is 3. The van der Waals surface area contributed by atoms with Crippen LogP contribution in [0.5, 0.6) is 0 Å². The summed E-state index contributed by atoms with van der Waals surface area (Å²) in [6.07, 6.45) is -8.66. The van der Waals surface area contributed by atoms with Gasteiger partial charge in [-0.1, -0.05) is 12.1 Å². The van der Waals surface area contributed by atoms with Crippen molar-refractivity contribution in [3.05, 3.63) is 35.6 Å². The molecular formula is C14H16F4O3. The van der Waals surface area contributed by atoms with Crippen LogP contribution in [-0.4, -0.2) is 36.2 Å². The summed E-state index contributed by atoms with van der Waals surface area (Å²) < 4.78 is 62.1. The van der Waals surface area contributed by atoms with Gasteiger partial charge >= 0.3 is 6.18 Å². The van der Waals surface area contributed by atoms with Gasteiger partial charge in [-0.25, -0.2) is 4.39 Å². The Kier molecular flexibility index (Phi) is 5.18. The third kappa shape index (κ3) is 4.66. The van der Waals surface area contributed by atoms with Gasteiger partial charge in [-0.05, 0) is 24.1 Å². The number of benzene rings is 1. The summed E-state index contributed by atoms with van der Waals surface area (Å²) in [5.41, 5.74) is 0.306. The van der Waals surface area contributed by atoms with E-state index in [4.69, 9.17) is 9.47 Å². The Morgan fingerprint density at radius 2 is 2.14 bits per heavy atom. The Balaban J connectivity index is 2.03. The second-order valence-electron chi connectivity index (χ2n) is 4.99. The Bertz CT molecular complexity index is 464. The first-order valence-electron chi connectivity index (χ1n) is 6.58. The molecule has 0 aromatic heterocycles. The monoisotopic (exact) mass is 308 g/mol. The van der Waals surface area contributed by atoms with E-state index in [0.717, 1.165) is 6.07 Å². The number of aliphatic hydroxyl groups excluding tert-OH is 1. The lowest BCUT2D eigenvalue weighted by atomic mass is 10.0. The first-order chi connectivity index (χ1) is 9.86. The van der Waals surface area contributed by atoms with E-state index in [9.17, 15) is 22.7 Å². The van der Waals surface area contributed by atoms with Crippen LogP contribution < -0.4 is 0 Å². The molecule has 1 aliphatic heterocycles. The van der Waals surface area contributed by atoms with Crippen molar-refractivity contribution in [2.75, 3.05) is 6.61 Å². The molecule has 1 aromatic rings. The van der Waals surface area contributed by atoms with Crippen molar-refractivity contribution in [1.29, 1.82) is 0 Å². The summed E-state index contributed by atoms with van der Waals surface area (Å²) in [4.78, 5) is 0. The van der Waals surface area contributed by atoms with E-state index >= 15 is 0 Å². The van der Waals surface area contributed by atoms with Gasteiger partial charge in [0, 0.05) is 13.0 Å². The number of halogens is 4. The van der Waals surface area contributed by atoms with Gasteiger partial charge < -0.3 is 14.6 Å². The first-order valence-corrected chi connectivity index (χ1v) is 6.58. The maximum Gasteiger partial charge on any atom is 0.417 e. The molecule has 1 unspecified atom stereocenters. The second kappa shape index (κ2) is 6.72. The van der Waals surface area contributed by atoms with E-state index in [1.54, 1.807) is 0 Å². The molecule has 0 saturated carbocycles. The van der Waals surface area contributed by atoms with Crippen LogP contribution in [0.1, 0.15) is 18.4 Å². The van der Waals surface area contributed by atoms with Crippen molar-refractivity contribution in [2.45, 2.75) is 43.9 Å². The molecule has 2 rings (SSSR count). The van der Waals surface area contributed by atoms with Crippen molar-refractivity contribution in [2.24, 2.45) is 0 Å². The molecular weight excluding hydrogens is 292 g/mol. The molecule has 0 bridgehead atoms. The van der Waals surface area contributed by atoms with Crippen molar-refractivity contribution in [3.63, 3.8) is 0 Å². The maximum atomic E-state index is 13.1. The van der Waals surface area contributed by atoms with Gasteiger partial charge in [0.1, 0.15) is 5.82 Å². The molecule has 1 heterocycles. The molecule has 3 nitrogen and oxygen atoms in total. The van der Waals surface area contributed by atoms with Crippen LogP contribution in [0.3, 0.4) is 0 Å². The van der Waals surface area contributed by atoms with Gasteiger partial charge in [0.05, 0.1) is 18.8 Å². The van der Waals surface area contributed by atoms with E-state index in [1.165, 1.54) is 18.2 Å². The Morgan fingerprint density at radius 1 is 1.38 bits per heavy atom. The lowest BCUT2D eigenvalue weighted by Crippen LogP contribution is -2.47. The van der Waals surface area contributed by atoms with Gasteiger partial charge in [-0.2, -0.15) is 13.2 Å². The number of aliphatic hydroxyl groups is 1. The quantitative estimate of drug-likeness (QED) is 0.869. The molecule has 118 valence electrons. The van der Waals surface area contributed by atoms with Crippen LogP contribution in [0.4, 0.5) is 17.6 Å². The Morgan fingerprint density at radius 3 is 2.76 bits per heavy atom. The molecule has 1 saturated heterocycles. The van der Waals surface area contributed by atoms with E-state index in [1.807, 2.05) is 0 Å². The molecule has 7 heteroatoms. The summed E-state index contributed by atoms with van der Waals surface area (Å²) in [6, 6.07) is 5.19. The highest BCUT2D eigenvalue weighted by molar-refractivity contribution is 5.15. The van der Waals surface area contributed by atoms with Gasteiger partial charge in [0.2, 0.25) is 0 Å². The fraction of sp³-hybridized carbons (Fsp3) is 0.571. The van der Waals surface area contributed by atoms with E-state index in [0.29, 0.717) is 12.0 Å². The lowest BCUT2D eigenvalue weighted by molar-refractivity contribution is -0.264. The number of hydrogen-bond acceptors (Lipinski definition) is 3. The minimum Gasteiger partial charge on any atom is -0.393 e. The van der Waals surface area contributed by atoms with E-state index in [2.05, 4.69) is 0 Å². The highest BCUT2D eigenvalue weighted by Crippen LogP contribution is 2.31. The summed E-state index contributed by atoms with van der Waals surface area (Å²) in [5, 5.41) is 9.46. The zero-order valence-electron chi connectivity index (χ0n) is 11.1. The molecule has 0 radical (unpaired) electrons.